The van der Waals surface area contributed by atoms with Crippen LogP contribution in [-0.4, -0.2) is 41.7 Å². The van der Waals surface area contributed by atoms with E-state index in [0.29, 0.717) is 13.0 Å². The van der Waals surface area contributed by atoms with Crippen LogP contribution in [0.1, 0.15) is 54.3 Å². The van der Waals surface area contributed by atoms with Gasteiger partial charge < -0.3 is 10.6 Å². The van der Waals surface area contributed by atoms with Crippen LogP contribution in [0.15, 0.2) is 48.7 Å². The van der Waals surface area contributed by atoms with Crippen LogP contribution in [0.2, 0.25) is 0 Å². The van der Waals surface area contributed by atoms with Crippen molar-refractivity contribution in [1.29, 1.82) is 0 Å². The molecule has 1 saturated carbocycles. The Balaban J connectivity index is 1.38. The van der Waals surface area contributed by atoms with Gasteiger partial charge in [-0.05, 0) is 68.5 Å². The standard InChI is InChI=1S/C29H36N6O/c1-4-30-15-16-31-24-13-11-22(12-14-24)17-26-32-18-23-19-34(27-20(2)7-5-8-21(27)3)29(36)35(28(23)33-26)25-9-6-10-25/h5,7-8,11-14,18,25,30-31H,4,6,9-10,15-17,19H2,1-3H3. The summed E-state index contributed by atoms with van der Waals surface area (Å²) >= 11 is 0. The maximum absolute atomic E-state index is 13.8. The van der Waals surface area contributed by atoms with E-state index in [0.717, 1.165) is 84.2 Å². The Morgan fingerprint density at radius 3 is 2.44 bits per heavy atom. The number of hydrogen-bond donors (Lipinski definition) is 2. The highest BCUT2D eigenvalue weighted by molar-refractivity contribution is 6.06. The monoisotopic (exact) mass is 484 g/mol. The number of nitrogens with zero attached hydrogens (tertiary/aromatic N) is 4. The molecule has 36 heavy (non-hydrogen) atoms. The molecule has 0 unspecified atom stereocenters. The van der Waals surface area contributed by atoms with Gasteiger partial charge in [-0.3, -0.25) is 9.80 Å². The number of urea groups is 1. The summed E-state index contributed by atoms with van der Waals surface area (Å²) in [5.74, 6) is 1.54. The molecule has 0 spiro atoms. The molecule has 2 aliphatic rings. The number of aromatic nitrogens is 2. The molecule has 0 bridgehead atoms. The van der Waals surface area contributed by atoms with Crippen molar-refractivity contribution in [2.45, 2.75) is 59.0 Å². The molecule has 7 heteroatoms. The number of benzene rings is 2. The highest BCUT2D eigenvalue weighted by Gasteiger charge is 2.40. The van der Waals surface area contributed by atoms with Gasteiger partial charge >= 0.3 is 6.03 Å². The van der Waals surface area contributed by atoms with Crippen LogP contribution in [0.4, 0.5) is 22.0 Å². The number of likely N-dealkylation sites (N-methyl/N-ethyl adjacent to an activating group) is 1. The van der Waals surface area contributed by atoms with Gasteiger partial charge in [-0.25, -0.2) is 14.8 Å². The molecule has 1 aromatic heterocycles. The third-order valence-corrected chi connectivity index (χ3v) is 7.23. The van der Waals surface area contributed by atoms with Gasteiger partial charge in [-0.2, -0.15) is 0 Å². The fraction of sp³-hybridized carbons (Fsp3) is 0.414. The van der Waals surface area contributed by atoms with Crippen LogP contribution >= 0.6 is 0 Å². The van der Waals surface area contributed by atoms with Crippen molar-refractivity contribution < 1.29 is 4.79 Å². The van der Waals surface area contributed by atoms with Crippen molar-refractivity contribution in [3.63, 3.8) is 0 Å². The van der Waals surface area contributed by atoms with Gasteiger partial charge in [0.1, 0.15) is 11.6 Å². The van der Waals surface area contributed by atoms with Gasteiger partial charge in [-0.1, -0.05) is 37.3 Å². The number of amides is 2. The predicted octanol–water partition coefficient (Wildman–Crippen LogP) is 5.20. The largest absolute Gasteiger partial charge is 0.384 e. The van der Waals surface area contributed by atoms with Gasteiger partial charge in [0, 0.05) is 43.0 Å². The van der Waals surface area contributed by atoms with Crippen LogP contribution in [0.3, 0.4) is 0 Å². The third-order valence-electron chi connectivity index (χ3n) is 7.23. The van der Waals surface area contributed by atoms with E-state index in [1.165, 1.54) is 0 Å². The zero-order valence-electron chi connectivity index (χ0n) is 21.6. The highest BCUT2D eigenvalue weighted by atomic mass is 16.2. The van der Waals surface area contributed by atoms with E-state index in [1.807, 2.05) is 22.1 Å². The third kappa shape index (κ3) is 4.93. The summed E-state index contributed by atoms with van der Waals surface area (Å²) in [7, 11) is 0. The first-order chi connectivity index (χ1) is 17.5. The maximum Gasteiger partial charge on any atom is 0.330 e. The number of hydrogen-bond acceptors (Lipinski definition) is 5. The molecular weight excluding hydrogens is 448 g/mol. The van der Waals surface area contributed by atoms with Gasteiger partial charge in [0.15, 0.2) is 0 Å². The number of anilines is 3. The summed E-state index contributed by atoms with van der Waals surface area (Å²) in [6.07, 6.45) is 5.76. The Hall–Kier alpha value is -3.45. The Kier molecular flexibility index (Phi) is 7.18. The molecule has 3 aromatic rings. The van der Waals surface area contributed by atoms with Crippen molar-refractivity contribution >= 4 is 23.2 Å². The van der Waals surface area contributed by atoms with E-state index in [9.17, 15) is 4.79 Å². The van der Waals surface area contributed by atoms with E-state index in [2.05, 4.69) is 67.8 Å². The minimum atomic E-state index is 0.0299. The maximum atomic E-state index is 13.8. The highest BCUT2D eigenvalue weighted by Crippen LogP contribution is 2.38. The number of carbonyl (C=O) groups excluding carboxylic acids is 1. The molecule has 1 fully saturated rings. The summed E-state index contributed by atoms with van der Waals surface area (Å²) < 4.78 is 0. The van der Waals surface area contributed by atoms with Crippen LogP contribution in [0.25, 0.3) is 0 Å². The summed E-state index contributed by atoms with van der Waals surface area (Å²) in [6, 6.07) is 14.9. The second-order valence-electron chi connectivity index (χ2n) is 9.85. The van der Waals surface area contributed by atoms with Crippen LogP contribution in [-0.2, 0) is 13.0 Å². The molecule has 2 aromatic carbocycles. The smallest absolute Gasteiger partial charge is 0.330 e. The van der Waals surface area contributed by atoms with E-state index in [-0.39, 0.29) is 12.1 Å². The zero-order chi connectivity index (χ0) is 25.1. The molecule has 2 amide bonds. The molecule has 0 radical (unpaired) electrons. The summed E-state index contributed by atoms with van der Waals surface area (Å²) in [5.41, 5.74) is 6.49. The number of aryl methyl sites for hydroxylation is 2. The lowest BCUT2D eigenvalue weighted by Gasteiger charge is -2.44. The Bertz CT molecular complexity index is 1200. The minimum Gasteiger partial charge on any atom is -0.384 e. The van der Waals surface area contributed by atoms with Crippen molar-refractivity contribution in [1.82, 2.24) is 15.3 Å². The average Bonchev–Trinajstić information content (AvgIpc) is 2.84. The van der Waals surface area contributed by atoms with E-state index < -0.39 is 0 Å². The molecule has 0 atom stereocenters. The molecule has 188 valence electrons. The SMILES string of the molecule is CCNCCNc1ccc(Cc2ncc3c(n2)N(C2CCC2)C(=O)N(c2c(C)cccc2C)C3)cc1. The molecule has 1 aliphatic heterocycles. The minimum absolute atomic E-state index is 0.0299. The van der Waals surface area contributed by atoms with Crippen LogP contribution in [0, 0.1) is 13.8 Å². The van der Waals surface area contributed by atoms with Crippen molar-refractivity contribution in [3.8, 4) is 0 Å². The number of nitrogens with one attached hydrogen (secondary N) is 2. The fourth-order valence-corrected chi connectivity index (χ4v) is 5.07. The second kappa shape index (κ2) is 10.7. The van der Waals surface area contributed by atoms with Crippen molar-refractivity contribution in [3.05, 3.63) is 76.7 Å². The summed E-state index contributed by atoms with van der Waals surface area (Å²) in [6.45, 7) is 9.57. The number of rotatable bonds is 9. The van der Waals surface area contributed by atoms with Crippen molar-refractivity contribution in [2.75, 3.05) is 34.8 Å². The topological polar surface area (TPSA) is 73.4 Å². The van der Waals surface area contributed by atoms with Gasteiger partial charge in [0.25, 0.3) is 0 Å². The molecule has 2 heterocycles. The molecule has 5 rings (SSSR count). The molecule has 2 N–H and O–H groups in total. The lowest BCUT2D eigenvalue weighted by molar-refractivity contribution is 0.242. The molecule has 1 aliphatic carbocycles. The van der Waals surface area contributed by atoms with E-state index in [1.54, 1.807) is 0 Å². The Morgan fingerprint density at radius 1 is 1.03 bits per heavy atom. The van der Waals surface area contributed by atoms with Crippen molar-refractivity contribution in [2.24, 2.45) is 0 Å². The Morgan fingerprint density at radius 2 is 1.78 bits per heavy atom. The summed E-state index contributed by atoms with van der Waals surface area (Å²) in [4.78, 5) is 27.4. The summed E-state index contributed by atoms with van der Waals surface area (Å²) in [5, 5.41) is 6.75. The van der Waals surface area contributed by atoms with Gasteiger partial charge in [-0.15, -0.1) is 0 Å². The number of fused-ring (bicyclic) bond motifs is 1. The first-order valence-electron chi connectivity index (χ1n) is 13.1. The molecular formula is C29H36N6O. The number of para-hydroxylation sites is 1. The quantitative estimate of drug-likeness (QED) is 0.408. The lowest BCUT2D eigenvalue weighted by Crippen LogP contribution is -2.54. The number of carbonyl (C=O) groups is 1. The average molecular weight is 485 g/mol. The molecule has 0 saturated heterocycles. The predicted molar refractivity (Wildman–Crippen MR) is 146 cm³/mol. The fourth-order valence-electron chi connectivity index (χ4n) is 5.07. The van der Waals surface area contributed by atoms with E-state index in [4.69, 9.17) is 9.97 Å². The van der Waals surface area contributed by atoms with Crippen LogP contribution < -0.4 is 20.4 Å². The van der Waals surface area contributed by atoms with Crippen LogP contribution in [0.5, 0.6) is 0 Å². The normalized spacial score (nSPS) is 15.6. The molecule has 7 nitrogen and oxygen atoms in total. The lowest BCUT2D eigenvalue weighted by atomic mass is 9.90. The zero-order valence-corrected chi connectivity index (χ0v) is 21.6. The van der Waals surface area contributed by atoms with E-state index >= 15 is 0 Å². The Labute approximate surface area is 213 Å². The van der Waals surface area contributed by atoms with Gasteiger partial charge in [0.05, 0.1) is 12.2 Å². The second-order valence-corrected chi connectivity index (χ2v) is 9.85. The first-order valence-corrected chi connectivity index (χ1v) is 13.1. The first kappa shape index (κ1) is 24.3. The van der Waals surface area contributed by atoms with Gasteiger partial charge in [0.2, 0.25) is 0 Å².